The molecule has 0 spiro atoms. The van der Waals surface area contributed by atoms with Crippen LogP contribution in [0.2, 0.25) is 0 Å². The van der Waals surface area contributed by atoms with E-state index in [4.69, 9.17) is 0 Å². The molecule has 0 aromatic heterocycles. The van der Waals surface area contributed by atoms with Gasteiger partial charge in [-0.15, -0.1) is 0 Å². The van der Waals surface area contributed by atoms with E-state index in [0.717, 1.165) is 31.3 Å². The molecule has 1 aromatic rings. The summed E-state index contributed by atoms with van der Waals surface area (Å²) in [5, 5.41) is 12.9. The fraction of sp³-hybridized carbons (Fsp3) is 0.625. The van der Waals surface area contributed by atoms with E-state index >= 15 is 0 Å². The van der Waals surface area contributed by atoms with Gasteiger partial charge in [-0.3, -0.25) is 4.90 Å². The third-order valence-corrected chi connectivity index (χ3v) is 4.01. The molecule has 0 bridgehead atoms. The molecule has 0 unspecified atom stereocenters. The van der Waals surface area contributed by atoms with Crippen LogP contribution in [0.3, 0.4) is 0 Å². The number of nitrogens with one attached hydrogen (secondary N) is 1. The second kappa shape index (κ2) is 7.04. The van der Waals surface area contributed by atoms with Gasteiger partial charge in [-0.2, -0.15) is 0 Å². The van der Waals surface area contributed by atoms with Gasteiger partial charge >= 0.3 is 0 Å². The monoisotopic (exact) mass is 280 g/mol. The van der Waals surface area contributed by atoms with Crippen LogP contribution in [0.1, 0.15) is 32.3 Å². The van der Waals surface area contributed by atoms with E-state index < -0.39 is 0 Å². The molecular formula is C16H25FN2O. The normalized spacial score (nSPS) is 17.1. The third-order valence-electron chi connectivity index (χ3n) is 4.01. The van der Waals surface area contributed by atoms with E-state index in [1.807, 2.05) is 0 Å². The van der Waals surface area contributed by atoms with Crippen LogP contribution in [-0.4, -0.2) is 35.7 Å². The third kappa shape index (κ3) is 4.46. The first-order chi connectivity index (χ1) is 9.54. The molecule has 3 nitrogen and oxygen atoms in total. The highest BCUT2D eigenvalue weighted by atomic mass is 19.1. The first kappa shape index (κ1) is 15.3. The smallest absolute Gasteiger partial charge is 0.127 e. The number of phenolic OH excluding ortho intramolecular Hbond substituents is 1. The van der Waals surface area contributed by atoms with Crippen molar-refractivity contribution >= 4 is 0 Å². The molecule has 0 radical (unpaired) electrons. The number of phenols is 1. The Balaban J connectivity index is 2.00. The van der Waals surface area contributed by atoms with Gasteiger partial charge in [0.2, 0.25) is 0 Å². The van der Waals surface area contributed by atoms with Crippen molar-refractivity contribution in [2.45, 2.75) is 39.3 Å². The molecule has 1 saturated heterocycles. The molecule has 1 fully saturated rings. The fourth-order valence-electron chi connectivity index (χ4n) is 2.81. The van der Waals surface area contributed by atoms with E-state index in [1.165, 1.54) is 18.9 Å². The van der Waals surface area contributed by atoms with Crippen molar-refractivity contribution in [1.82, 2.24) is 10.2 Å². The maximum absolute atomic E-state index is 13.4. The van der Waals surface area contributed by atoms with Crippen LogP contribution in [0, 0.1) is 11.7 Å². The number of piperidine rings is 1. The SMILES string of the molecule is CC(C)N(Cc1cc(O)cc(F)c1)CC1CCNCC1. The number of rotatable bonds is 5. The van der Waals surface area contributed by atoms with Crippen molar-refractivity contribution < 1.29 is 9.50 Å². The molecule has 1 heterocycles. The van der Waals surface area contributed by atoms with Crippen LogP contribution < -0.4 is 5.32 Å². The van der Waals surface area contributed by atoms with Crippen LogP contribution in [0.25, 0.3) is 0 Å². The number of halogens is 1. The number of benzene rings is 1. The zero-order valence-electron chi connectivity index (χ0n) is 12.4. The number of hydrogen-bond acceptors (Lipinski definition) is 3. The average Bonchev–Trinajstić information content (AvgIpc) is 2.38. The summed E-state index contributed by atoms with van der Waals surface area (Å²) in [6, 6.07) is 4.73. The quantitative estimate of drug-likeness (QED) is 0.870. The van der Waals surface area contributed by atoms with Gasteiger partial charge in [-0.25, -0.2) is 4.39 Å². The highest BCUT2D eigenvalue weighted by Gasteiger charge is 2.19. The Kier molecular flexibility index (Phi) is 5.38. The second-order valence-electron chi connectivity index (χ2n) is 6.03. The Morgan fingerprint density at radius 2 is 2.00 bits per heavy atom. The number of nitrogens with zero attached hydrogens (tertiary/aromatic N) is 1. The molecule has 0 amide bonds. The van der Waals surface area contributed by atoms with E-state index in [2.05, 4.69) is 24.1 Å². The Hall–Kier alpha value is -1.13. The van der Waals surface area contributed by atoms with E-state index in [0.29, 0.717) is 18.5 Å². The Bertz CT molecular complexity index is 410. The van der Waals surface area contributed by atoms with Gasteiger partial charge in [-0.1, -0.05) is 0 Å². The molecule has 0 saturated carbocycles. The molecule has 0 atom stereocenters. The summed E-state index contributed by atoms with van der Waals surface area (Å²) in [7, 11) is 0. The molecule has 20 heavy (non-hydrogen) atoms. The van der Waals surface area contributed by atoms with Crippen molar-refractivity contribution in [3.8, 4) is 5.75 Å². The molecule has 4 heteroatoms. The Labute approximate surface area is 120 Å². The van der Waals surface area contributed by atoms with Crippen molar-refractivity contribution in [3.05, 3.63) is 29.6 Å². The predicted molar refractivity (Wildman–Crippen MR) is 79.2 cm³/mol. The standard InChI is InChI=1S/C16H25FN2O/c1-12(2)19(10-13-3-5-18-6-4-13)11-14-7-15(17)9-16(20)8-14/h7-9,12-13,18,20H,3-6,10-11H2,1-2H3. The van der Waals surface area contributed by atoms with Crippen LogP contribution in [-0.2, 0) is 6.54 Å². The molecule has 2 rings (SSSR count). The second-order valence-corrected chi connectivity index (χ2v) is 6.03. The Morgan fingerprint density at radius 3 is 2.60 bits per heavy atom. The van der Waals surface area contributed by atoms with Gasteiger partial charge in [-0.05, 0) is 63.4 Å². The lowest BCUT2D eigenvalue weighted by Gasteiger charge is -2.32. The van der Waals surface area contributed by atoms with Crippen LogP contribution >= 0.6 is 0 Å². The van der Waals surface area contributed by atoms with Gasteiger partial charge in [0.15, 0.2) is 0 Å². The maximum Gasteiger partial charge on any atom is 0.127 e. The zero-order valence-corrected chi connectivity index (χ0v) is 12.4. The summed E-state index contributed by atoms with van der Waals surface area (Å²) in [6.07, 6.45) is 2.41. The summed E-state index contributed by atoms with van der Waals surface area (Å²) in [6.45, 7) is 8.25. The molecule has 1 aliphatic rings. The highest BCUT2D eigenvalue weighted by Crippen LogP contribution is 2.20. The summed E-state index contributed by atoms with van der Waals surface area (Å²) < 4.78 is 13.4. The van der Waals surface area contributed by atoms with Gasteiger partial charge < -0.3 is 10.4 Å². The minimum Gasteiger partial charge on any atom is -0.508 e. The lowest BCUT2D eigenvalue weighted by atomic mass is 9.96. The van der Waals surface area contributed by atoms with E-state index in [1.54, 1.807) is 6.07 Å². The largest absolute Gasteiger partial charge is 0.508 e. The first-order valence-corrected chi connectivity index (χ1v) is 7.48. The predicted octanol–water partition coefficient (Wildman–Crippen LogP) is 2.74. The summed E-state index contributed by atoms with van der Waals surface area (Å²) in [5.74, 6) is 0.344. The Morgan fingerprint density at radius 1 is 1.30 bits per heavy atom. The number of hydrogen-bond donors (Lipinski definition) is 2. The van der Waals surface area contributed by atoms with Crippen LogP contribution in [0.5, 0.6) is 5.75 Å². The summed E-state index contributed by atoms with van der Waals surface area (Å²) >= 11 is 0. The van der Waals surface area contributed by atoms with Crippen molar-refractivity contribution in [1.29, 1.82) is 0 Å². The lowest BCUT2D eigenvalue weighted by molar-refractivity contribution is 0.161. The summed E-state index contributed by atoms with van der Waals surface area (Å²) in [4.78, 5) is 2.37. The zero-order chi connectivity index (χ0) is 14.5. The molecular weight excluding hydrogens is 255 g/mol. The van der Waals surface area contributed by atoms with Gasteiger partial charge in [0.25, 0.3) is 0 Å². The van der Waals surface area contributed by atoms with Crippen molar-refractivity contribution in [2.75, 3.05) is 19.6 Å². The molecule has 0 aliphatic carbocycles. The lowest BCUT2D eigenvalue weighted by Crippen LogP contribution is -2.39. The average molecular weight is 280 g/mol. The van der Waals surface area contributed by atoms with E-state index in [9.17, 15) is 9.50 Å². The fourth-order valence-corrected chi connectivity index (χ4v) is 2.81. The van der Waals surface area contributed by atoms with Gasteiger partial charge in [0.1, 0.15) is 11.6 Å². The van der Waals surface area contributed by atoms with Gasteiger partial charge in [0, 0.05) is 25.2 Å². The molecule has 1 aliphatic heterocycles. The minimum absolute atomic E-state index is 0.00516. The molecule has 2 N–H and O–H groups in total. The van der Waals surface area contributed by atoms with Crippen molar-refractivity contribution in [2.24, 2.45) is 5.92 Å². The first-order valence-electron chi connectivity index (χ1n) is 7.48. The topological polar surface area (TPSA) is 35.5 Å². The van der Waals surface area contributed by atoms with E-state index in [-0.39, 0.29) is 11.6 Å². The summed E-state index contributed by atoms with van der Waals surface area (Å²) in [5.41, 5.74) is 0.838. The van der Waals surface area contributed by atoms with Crippen LogP contribution in [0.15, 0.2) is 18.2 Å². The molecule has 1 aromatic carbocycles. The van der Waals surface area contributed by atoms with Crippen molar-refractivity contribution in [3.63, 3.8) is 0 Å². The van der Waals surface area contributed by atoms with Gasteiger partial charge in [0.05, 0.1) is 0 Å². The van der Waals surface area contributed by atoms with Crippen LogP contribution in [0.4, 0.5) is 4.39 Å². The minimum atomic E-state index is -0.370. The maximum atomic E-state index is 13.4. The number of aromatic hydroxyl groups is 1. The highest BCUT2D eigenvalue weighted by molar-refractivity contribution is 5.28. The molecule has 112 valence electrons.